The molecule has 4 N–H and O–H groups in total. The van der Waals surface area contributed by atoms with Gasteiger partial charge >= 0.3 is 0 Å². The highest BCUT2D eigenvalue weighted by atomic mass is 16.3. The third kappa shape index (κ3) is 4.48. The molecule has 0 aliphatic heterocycles. The van der Waals surface area contributed by atoms with E-state index in [4.69, 9.17) is 10.8 Å². The van der Waals surface area contributed by atoms with Gasteiger partial charge in [0, 0.05) is 12.2 Å². The molecule has 2 aromatic carbocycles. The number of ketones is 1. The van der Waals surface area contributed by atoms with Crippen LogP contribution in [0.3, 0.4) is 0 Å². The van der Waals surface area contributed by atoms with Gasteiger partial charge in [-0.25, -0.2) is 0 Å². The average molecular weight is 348 g/mol. The fourth-order valence-electron chi connectivity index (χ4n) is 3.16. The van der Waals surface area contributed by atoms with Crippen LogP contribution in [0, 0.1) is 0 Å². The van der Waals surface area contributed by atoms with Crippen LogP contribution in [0.5, 0.6) is 0 Å². The highest BCUT2D eigenvalue weighted by Gasteiger charge is 2.12. The normalized spacial score (nSPS) is 13.0. The summed E-state index contributed by atoms with van der Waals surface area (Å²) in [5.41, 5.74) is 12.9. The third-order valence-corrected chi connectivity index (χ3v) is 4.61. The third-order valence-electron chi connectivity index (χ3n) is 4.61. The summed E-state index contributed by atoms with van der Waals surface area (Å²) in [6, 6.07) is 14.3. The molecule has 26 heavy (non-hydrogen) atoms. The maximum atomic E-state index is 11.1. The quantitative estimate of drug-likeness (QED) is 0.389. The number of carbonyl (C=O) groups excluding carboxylic acids is 1. The van der Waals surface area contributed by atoms with E-state index in [-0.39, 0.29) is 5.78 Å². The second-order valence-corrected chi connectivity index (χ2v) is 6.43. The number of fused-ring (bicyclic) bond motifs is 1. The Balaban J connectivity index is 1.50. The predicted octanol–water partition coefficient (Wildman–Crippen LogP) is 2.96. The van der Waals surface area contributed by atoms with Crippen molar-refractivity contribution in [1.29, 1.82) is 0 Å². The van der Waals surface area contributed by atoms with Gasteiger partial charge in [-0.1, -0.05) is 48.6 Å². The summed E-state index contributed by atoms with van der Waals surface area (Å²) >= 11 is 0. The fraction of sp³-hybridized carbons (Fsp3) is 0.227. The lowest BCUT2D eigenvalue weighted by atomic mass is 10.0. The average Bonchev–Trinajstić information content (AvgIpc) is 3.07. The summed E-state index contributed by atoms with van der Waals surface area (Å²) in [6.07, 6.45) is 7.37. The van der Waals surface area contributed by atoms with Gasteiger partial charge in [-0.3, -0.25) is 4.79 Å². The molecule has 4 nitrogen and oxygen atoms in total. The van der Waals surface area contributed by atoms with Crippen LogP contribution in [0.4, 0.5) is 5.69 Å². The number of hydrogen-bond donors (Lipinski definition) is 3. The zero-order chi connectivity index (χ0) is 18.4. The van der Waals surface area contributed by atoms with E-state index in [1.165, 1.54) is 22.8 Å². The Bertz CT molecular complexity index is 853. The van der Waals surface area contributed by atoms with Crippen LogP contribution in [0.15, 0.2) is 54.6 Å². The molecule has 134 valence electrons. The molecule has 0 spiro atoms. The molecule has 0 radical (unpaired) electrons. The molecule has 0 bridgehead atoms. The van der Waals surface area contributed by atoms with Crippen molar-refractivity contribution in [2.24, 2.45) is 0 Å². The van der Waals surface area contributed by atoms with E-state index in [9.17, 15) is 4.79 Å². The van der Waals surface area contributed by atoms with Crippen LogP contribution >= 0.6 is 0 Å². The highest BCUT2D eigenvalue weighted by Crippen LogP contribution is 2.29. The van der Waals surface area contributed by atoms with Gasteiger partial charge in [-0.05, 0) is 59.4 Å². The SMILES string of the molecule is Nc1cc(/C=C/C(=O)CO)ccc1CNCCC1=CCc2ccccc21. The Labute approximate surface area is 154 Å². The number of anilines is 1. The zero-order valence-corrected chi connectivity index (χ0v) is 14.7. The predicted molar refractivity (Wildman–Crippen MR) is 106 cm³/mol. The van der Waals surface area contributed by atoms with Crippen molar-refractivity contribution in [2.75, 3.05) is 18.9 Å². The minimum atomic E-state index is -0.477. The summed E-state index contributed by atoms with van der Waals surface area (Å²) in [6.45, 7) is 1.13. The first-order chi connectivity index (χ1) is 12.7. The number of nitrogen functional groups attached to an aromatic ring is 1. The van der Waals surface area contributed by atoms with Gasteiger partial charge in [-0.15, -0.1) is 0 Å². The number of carbonyl (C=O) groups is 1. The molecule has 4 heteroatoms. The summed E-state index contributed by atoms with van der Waals surface area (Å²) in [5.74, 6) is -0.322. The summed E-state index contributed by atoms with van der Waals surface area (Å²) in [4.78, 5) is 11.1. The van der Waals surface area contributed by atoms with Gasteiger partial charge in [0.2, 0.25) is 0 Å². The van der Waals surface area contributed by atoms with Gasteiger partial charge in [0.15, 0.2) is 5.78 Å². The molecule has 0 heterocycles. The number of nitrogens with two attached hydrogens (primary N) is 1. The lowest BCUT2D eigenvalue weighted by Gasteiger charge is -2.10. The van der Waals surface area contributed by atoms with E-state index in [1.807, 2.05) is 18.2 Å². The van der Waals surface area contributed by atoms with Crippen molar-refractivity contribution < 1.29 is 9.90 Å². The number of allylic oxidation sites excluding steroid dienone is 1. The molecule has 0 saturated carbocycles. The monoisotopic (exact) mass is 348 g/mol. The smallest absolute Gasteiger partial charge is 0.181 e. The lowest BCUT2D eigenvalue weighted by Crippen LogP contribution is -2.16. The van der Waals surface area contributed by atoms with Crippen LogP contribution < -0.4 is 11.1 Å². The Kier molecular flexibility index (Phi) is 6.00. The maximum Gasteiger partial charge on any atom is 0.181 e. The topological polar surface area (TPSA) is 75.4 Å². The van der Waals surface area contributed by atoms with Crippen molar-refractivity contribution in [1.82, 2.24) is 5.32 Å². The number of nitrogens with one attached hydrogen (secondary N) is 1. The minimum absolute atomic E-state index is 0.322. The lowest BCUT2D eigenvalue weighted by molar-refractivity contribution is -0.117. The van der Waals surface area contributed by atoms with Crippen molar-refractivity contribution in [3.63, 3.8) is 0 Å². The molecule has 0 aromatic heterocycles. The van der Waals surface area contributed by atoms with Crippen LogP contribution in [-0.2, 0) is 17.8 Å². The number of aliphatic hydroxyl groups excluding tert-OH is 1. The molecule has 0 atom stereocenters. The molecule has 0 saturated heterocycles. The largest absolute Gasteiger partial charge is 0.398 e. The van der Waals surface area contributed by atoms with E-state index in [1.54, 1.807) is 6.08 Å². The van der Waals surface area contributed by atoms with E-state index in [0.29, 0.717) is 12.2 Å². The molecular weight excluding hydrogens is 324 g/mol. The van der Waals surface area contributed by atoms with Crippen molar-refractivity contribution >= 4 is 23.1 Å². The van der Waals surface area contributed by atoms with Gasteiger partial charge < -0.3 is 16.2 Å². The first-order valence-corrected chi connectivity index (χ1v) is 8.85. The molecule has 1 aliphatic rings. The van der Waals surface area contributed by atoms with Crippen molar-refractivity contribution in [2.45, 2.75) is 19.4 Å². The van der Waals surface area contributed by atoms with E-state index < -0.39 is 6.61 Å². The number of benzene rings is 2. The molecule has 1 aliphatic carbocycles. The molecule has 0 amide bonds. The Hall–Kier alpha value is -2.69. The van der Waals surface area contributed by atoms with Gasteiger partial charge in [0.1, 0.15) is 6.61 Å². The second kappa shape index (κ2) is 8.61. The fourth-order valence-corrected chi connectivity index (χ4v) is 3.16. The Morgan fingerprint density at radius 1 is 1.23 bits per heavy atom. The zero-order valence-electron chi connectivity index (χ0n) is 14.7. The van der Waals surface area contributed by atoms with Gasteiger partial charge in [0.25, 0.3) is 0 Å². The number of rotatable bonds is 8. The molecular formula is C22H24N2O2. The molecule has 3 rings (SSSR count). The second-order valence-electron chi connectivity index (χ2n) is 6.43. The standard InChI is InChI=1S/C22H24N2O2/c23-22-13-16(6-10-20(26)15-25)5-7-19(22)14-24-12-11-18-9-8-17-3-1-2-4-21(17)18/h1-7,9-10,13,24-25H,8,11-12,14-15,23H2/b10-6+. The highest BCUT2D eigenvalue weighted by molar-refractivity contribution is 5.94. The number of aliphatic hydroxyl groups is 1. The minimum Gasteiger partial charge on any atom is -0.398 e. The van der Waals surface area contributed by atoms with Crippen LogP contribution in [-0.4, -0.2) is 24.0 Å². The van der Waals surface area contributed by atoms with Gasteiger partial charge in [0.05, 0.1) is 0 Å². The molecule has 0 fully saturated rings. The number of hydrogen-bond acceptors (Lipinski definition) is 4. The van der Waals surface area contributed by atoms with Gasteiger partial charge in [-0.2, -0.15) is 0 Å². The van der Waals surface area contributed by atoms with Crippen molar-refractivity contribution in [3.8, 4) is 0 Å². The maximum absolute atomic E-state index is 11.1. The van der Waals surface area contributed by atoms with Crippen LogP contribution in [0.1, 0.15) is 28.7 Å². The Morgan fingerprint density at radius 3 is 2.88 bits per heavy atom. The van der Waals surface area contributed by atoms with E-state index >= 15 is 0 Å². The van der Waals surface area contributed by atoms with E-state index in [0.717, 1.165) is 30.5 Å². The van der Waals surface area contributed by atoms with Crippen molar-refractivity contribution in [3.05, 3.63) is 76.9 Å². The summed E-state index contributed by atoms with van der Waals surface area (Å²) in [7, 11) is 0. The summed E-state index contributed by atoms with van der Waals surface area (Å²) in [5, 5.41) is 12.2. The first-order valence-electron chi connectivity index (χ1n) is 8.85. The first kappa shape index (κ1) is 18.1. The van der Waals surface area contributed by atoms with E-state index in [2.05, 4.69) is 35.7 Å². The molecule has 2 aromatic rings. The summed E-state index contributed by atoms with van der Waals surface area (Å²) < 4.78 is 0. The molecule has 0 unspecified atom stereocenters. The van der Waals surface area contributed by atoms with Crippen LogP contribution in [0.2, 0.25) is 0 Å². The Morgan fingerprint density at radius 2 is 2.08 bits per heavy atom. The van der Waals surface area contributed by atoms with Crippen LogP contribution in [0.25, 0.3) is 11.6 Å².